The second kappa shape index (κ2) is 6.83. The normalized spacial score (nSPS) is 13.9. The van der Waals surface area contributed by atoms with Crippen LogP contribution in [-0.4, -0.2) is 17.5 Å². The Morgan fingerprint density at radius 3 is 2.00 bits per heavy atom. The zero-order valence-electron chi connectivity index (χ0n) is 10.6. The van der Waals surface area contributed by atoms with E-state index in [1.165, 1.54) is 0 Å². The van der Waals surface area contributed by atoms with Crippen LogP contribution in [0.25, 0.3) is 0 Å². The molecule has 0 rings (SSSR count). The van der Waals surface area contributed by atoms with Crippen molar-refractivity contribution in [1.82, 2.24) is 5.32 Å². The smallest absolute Gasteiger partial charge is 0.237 e. The molecule has 0 aliphatic heterocycles. The van der Waals surface area contributed by atoms with Crippen molar-refractivity contribution in [3.8, 4) is 0 Å². The van der Waals surface area contributed by atoms with Crippen LogP contribution in [0.4, 0.5) is 0 Å². The molecule has 3 N–H and O–H groups in total. The van der Waals surface area contributed by atoms with Gasteiger partial charge in [-0.1, -0.05) is 33.6 Å². The summed E-state index contributed by atoms with van der Waals surface area (Å²) < 4.78 is 0. The van der Waals surface area contributed by atoms with Crippen molar-refractivity contribution in [2.45, 2.75) is 71.4 Å². The topological polar surface area (TPSA) is 55.1 Å². The number of carbonyl (C=O) groups is 1. The largest absolute Gasteiger partial charge is 0.368 e. The Kier molecular flexibility index (Phi) is 6.57. The molecule has 1 atom stereocenters. The monoisotopic (exact) mass is 214 g/mol. The summed E-state index contributed by atoms with van der Waals surface area (Å²) in [7, 11) is 0. The number of rotatable bonds is 8. The Bertz CT molecular complexity index is 186. The van der Waals surface area contributed by atoms with Crippen LogP contribution in [0.15, 0.2) is 0 Å². The van der Waals surface area contributed by atoms with E-state index in [0.29, 0.717) is 6.04 Å². The maximum atomic E-state index is 11.6. The van der Waals surface area contributed by atoms with Crippen LogP contribution >= 0.6 is 0 Å². The molecule has 0 saturated heterocycles. The fraction of sp³-hybridized carbons (Fsp3) is 0.917. The van der Waals surface area contributed by atoms with E-state index in [1.807, 2.05) is 0 Å². The van der Waals surface area contributed by atoms with Crippen LogP contribution in [-0.2, 0) is 4.79 Å². The van der Waals surface area contributed by atoms with Gasteiger partial charge in [-0.05, 0) is 26.2 Å². The summed E-state index contributed by atoms with van der Waals surface area (Å²) in [4.78, 5) is 11.6. The first-order valence-electron chi connectivity index (χ1n) is 6.10. The molecule has 0 aliphatic carbocycles. The van der Waals surface area contributed by atoms with Crippen molar-refractivity contribution >= 4 is 5.91 Å². The van der Waals surface area contributed by atoms with Crippen LogP contribution in [0.1, 0.15) is 59.8 Å². The third-order valence-corrected chi connectivity index (χ3v) is 2.96. The van der Waals surface area contributed by atoms with Gasteiger partial charge in [-0.3, -0.25) is 4.79 Å². The predicted molar refractivity (Wildman–Crippen MR) is 64.6 cm³/mol. The van der Waals surface area contributed by atoms with Gasteiger partial charge in [0, 0.05) is 6.04 Å². The van der Waals surface area contributed by atoms with Crippen molar-refractivity contribution in [2.75, 3.05) is 0 Å². The highest BCUT2D eigenvalue weighted by molar-refractivity contribution is 5.84. The molecule has 1 unspecified atom stereocenters. The number of carbonyl (C=O) groups excluding carboxylic acids is 1. The number of hydrogen-bond acceptors (Lipinski definition) is 2. The molecule has 0 bridgehead atoms. The predicted octanol–water partition coefficient (Wildman–Crippen LogP) is 2.20. The fourth-order valence-corrected chi connectivity index (χ4v) is 2.01. The molecule has 90 valence electrons. The molecule has 0 saturated carbocycles. The molecule has 0 aromatic rings. The molecule has 0 fully saturated rings. The van der Waals surface area contributed by atoms with Crippen molar-refractivity contribution in [2.24, 2.45) is 5.73 Å². The van der Waals surface area contributed by atoms with Crippen molar-refractivity contribution in [3.05, 3.63) is 0 Å². The highest BCUT2D eigenvalue weighted by Gasteiger charge is 2.35. The fourth-order valence-electron chi connectivity index (χ4n) is 2.01. The van der Waals surface area contributed by atoms with E-state index in [4.69, 9.17) is 5.73 Å². The van der Waals surface area contributed by atoms with Gasteiger partial charge < -0.3 is 11.1 Å². The first kappa shape index (κ1) is 14.4. The second-order valence-corrected chi connectivity index (χ2v) is 4.40. The zero-order valence-corrected chi connectivity index (χ0v) is 10.6. The SMILES string of the molecule is CCCC(CCC)(NC(C)CC)C(N)=O. The number of hydrogen-bond donors (Lipinski definition) is 2. The lowest BCUT2D eigenvalue weighted by atomic mass is 9.87. The van der Waals surface area contributed by atoms with Gasteiger partial charge in [0.25, 0.3) is 0 Å². The molecule has 0 spiro atoms. The number of amides is 1. The van der Waals surface area contributed by atoms with E-state index < -0.39 is 5.54 Å². The van der Waals surface area contributed by atoms with Gasteiger partial charge >= 0.3 is 0 Å². The summed E-state index contributed by atoms with van der Waals surface area (Å²) in [5, 5.41) is 3.41. The lowest BCUT2D eigenvalue weighted by Crippen LogP contribution is -2.58. The Balaban J connectivity index is 4.68. The van der Waals surface area contributed by atoms with E-state index >= 15 is 0 Å². The van der Waals surface area contributed by atoms with E-state index in [1.54, 1.807) is 0 Å². The summed E-state index contributed by atoms with van der Waals surface area (Å²) in [6.07, 6.45) is 4.64. The van der Waals surface area contributed by atoms with Gasteiger partial charge in [0.05, 0.1) is 5.54 Å². The van der Waals surface area contributed by atoms with E-state index in [0.717, 1.165) is 32.1 Å². The Labute approximate surface area is 93.8 Å². The van der Waals surface area contributed by atoms with Gasteiger partial charge in [-0.25, -0.2) is 0 Å². The summed E-state index contributed by atoms with van der Waals surface area (Å²) in [6.45, 7) is 8.39. The summed E-state index contributed by atoms with van der Waals surface area (Å²) in [5.41, 5.74) is 5.06. The first-order chi connectivity index (χ1) is 7.02. The van der Waals surface area contributed by atoms with Crippen LogP contribution in [0, 0.1) is 0 Å². The number of nitrogens with two attached hydrogens (primary N) is 1. The van der Waals surface area contributed by atoms with Crippen LogP contribution < -0.4 is 11.1 Å². The number of primary amides is 1. The van der Waals surface area contributed by atoms with Gasteiger partial charge in [-0.2, -0.15) is 0 Å². The molecule has 3 heteroatoms. The highest BCUT2D eigenvalue weighted by Crippen LogP contribution is 2.20. The molecular formula is C12H26N2O. The highest BCUT2D eigenvalue weighted by atomic mass is 16.1. The minimum Gasteiger partial charge on any atom is -0.368 e. The van der Waals surface area contributed by atoms with E-state index in [2.05, 4.69) is 33.0 Å². The molecule has 0 aromatic heterocycles. The van der Waals surface area contributed by atoms with Gasteiger partial charge in [0.15, 0.2) is 0 Å². The van der Waals surface area contributed by atoms with Gasteiger partial charge in [0.2, 0.25) is 5.91 Å². The zero-order chi connectivity index (χ0) is 11.9. The summed E-state index contributed by atoms with van der Waals surface area (Å²) in [6, 6.07) is 0.343. The lowest BCUT2D eigenvalue weighted by molar-refractivity contribution is -0.125. The molecule has 1 amide bonds. The van der Waals surface area contributed by atoms with E-state index in [9.17, 15) is 4.79 Å². The minimum absolute atomic E-state index is 0.202. The third-order valence-electron chi connectivity index (χ3n) is 2.96. The standard InChI is InChI=1S/C12H26N2O/c1-5-8-12(9-6-2,11(13)15)14-10(4)7-3/h10,14H,5-9H2,1-4H3,(H2,13,15). The second-order valence-electron chi connectivity index (χ2n) is 4.40. The quantitative estimate of drug-likeness (QED) is 0.651. The Morgan fingerprint density at radius 1 is 1.27 bits per heavy atom. The van der Waals surface area contributed by atoms with Gasteiger partial charge in [-0.15, -0.1) is 0 Å². The van der Waals surface area contributed by atoms with Crippen molar-refractivity contribution in [3.63, 3.8) is 0 Å². The first-order valence-corrected chi connectivity index (χ1v) is 6.10. The molecule has 0 aromatic carbocycles. The molecule has 3 nitrogen and oxygen atoms in total. The average Bonchev–Trinajstić information content (AvgIpc) is 2.18. The molecule has 0 radical (unpaired) electrons. The van der Waals surface area contributed by atoms with Gasteiger partial charge in [0.1, 0.15) is 0 Å². The maximum absolute atomic E-state index is 11.6. The summed E-state index contributed by atoms with van der Waals surface area (Å²) in [5.74, 6) is -0.202. The van der Waals surface area contributed by atoms with Crippen molar-refractivity contribution in [1.29, 1.82) is 0 Å². The third kappa shape index (κ3) is 4.20. The number of nitrogens with one attached hydrogen (secondary N) is 1. The average molecular weight is 214 g/mol. The molecular weight excluding hydrogens is 188 g/mol. The summed E-state index contributed by atoms with van der Waals surface area (Å²) >= 11 is 0. The van der Waals surface area contributed by atoms with Crippen LogP contribution in [0.2, 0.25) is 0 Å². The van der Waals surface area contributed by atoms with Crippen LogP contribution in [0.3, 0.4) is 0 Å². The Hall–Kier alpha value is -0.570. The van der Waals surface area contributed by atoms with Crippen LogP contribution in [0.5, 0.6) is 0 Å². The molecule has 0 heterocycles. The maximum Gasteiger partial charge on any atom is 0.237 e. The van der Waals surface area contributed by atoms with Crippen molar-refractivity contribution < 1.29 is 4.79 Å². The lowest BCUT2D eigenvalue weighted by Gasteiger charge is -2.34. The minimum atomic E-state index is -0.487. The molecule has 0 aliphatic rings. The Morgan fingerprint density at radius 2 is 1.73 bits per heavy atom. The molecule has 15 heavy (non-hydrogen) atoms. The van der Waals surface area contributed by atoms with E-state index in [-0.39, 0.29) is 5.91 Å².